The van der Waals surface area contributed by atoms with Gasteiger partial charge >= 0.3 is 0 Å². The first-order valence-corrected chi connectivity index (χ1v) is 18.6. The molecule has 0 radical (unpaired) electrons. The molecule has 0 N–H and O–H groups in total. The highest BCUT2D eigenvalue weighted by atomic mass is 31.1. The molecule has 4 fully saturated rings. The zero-order valence-electron chi connectivity index (χ0n) is 24.2. The predicted octanol–water partition coefficient (Wildman–Crippen LogP) is 11.2. The molecule has 0 aliphatic heterocycles. The van der Waals surface area contributed by atoms with Gasteiger partial charge in [0.15, 0.2) is 0 Å². The van der Waals surface area contributed by atoms with Crippen molar-refractivity contribution in [1.29, 1.82) is 0 Å². The number of hydrogen-bond donors (Lipinski definition) is 0. The number of hydrogen-bond acceptors (Lipinski definition) is 0. The minimum Gasteiger partial charge on any atom is -0.0966 e. The molecule has 198 valence electrons. The van der Waals surface area contributed by atoms with Gasteiger partial charge in [-0.2, -0.15) is 0 Å². The van der Waals surface area contributed by atoms with Crippen molar-refractivity contribution in [2.24, 2.45) is 17.8 Å². The summed E-state index contributed by atoms with van der Waals surface area (Å²) in [6.07, 6.45) is 25.1. The Balaban J connectivity index is 1.65. The van der Waals surface area contributed by atoms with E-state index in [1.54, 1.807) is 96.3 Å². The summed E-state index contributed by atoms with van der Waals surface area (Å²) >= 11 is 0. The topological polar surface area (TPSA) is 0 Å². The molecular weight excluding hydrogens is 446 g/mol. The second-order valence-electron chi connectivity index (χ2n) is 14.9. The van der Waals surface area contributed by atoms with Gasteiger partial charge in [0.1, 0.15) is 0 Å². The van der Waals surface area contributed by atoms with Gasteiger partial charge < -0.3 is 0 Å². The molecule has 4 aliphatic carbocycles. The van der Waals surface area contributed by atoms with Crippen molar-refractivity contribution in [3.05, 3.63) is 0 Å². The van der Waals surface area contributed by atoms with Gasteiger partial charge in [-0.05, 0) is 89.2 Å². The lowest BCUT2D eigenvalue weighted by Gasteiger charge is -2.52. The van der Waals surface area contributed by atoms with Crippen LogP contribution in [-0.2, 0) is 0 Å². The van der Waals surface area contributed by atoms with Gasteiger partial charge in [-0.25, -0.2) is 0 Å². The molecule has 34 heavy (non-hydrogen) atoms. The standard InChI is InChI=1S/C32H60P2/c1-24(34(31(2,3)4)32(5,6)7)27-21-15-23-29(27)33(26-18-9-8-10-19-26)30-22-14-13-20-28(30)25-16-11-12-17-25/h24-30H,8-23H2,1-7H3. The van der Waals surface area contributed by atoms with Gasteiger partial charge in [-0.1, -0.05) is 129 Å². The Kier molecular flexibility index (Phi) is 9.61. The van der Waals surface area contributed by atoms with Crippen LogP contribution in [0.2, 0.25) is 0 Å². The normalized spacial score (nSPS) is 34.6. The monoisotopic (exact) mass is 506 g/mol. The maximum atomic E-state index is 2.74. The molecule has 2 heteroatoms. The second-order valence-corrected chi connectivity index (χ2v) is 22.1. The van der Waals surface area contributed by atoms with E-state index < -0.39 is 0 Å². The fourth-order valence-electron chi connectivity index (χ4n) is 9.93. The van der Waals surface area contributed by atoms with E-state index in [2.05, 4.69) is 48.5 Å². The van der Waals surface area contributed by atoms with E-state index in [0.717, 1.165) is 40.4 Å². The molecule has 0 bridgehead atoms. The van der Waals surface area contributed by atoms with E-state index in [0.29, 0.717) is 10.3 Å². The third-order valence-electron chi connectivity index (χ3n) is 10.6. The molecule has 0 spiro atoms. The van der Waals surface area contributed by atoms with Gasteiger partial charge in [0.2, 0.25) is 0 Å². The Morgan fingerprint density at radius 2 is 1.09 bits per heavy atom. The minimum atomic E-state index is -0.0106. The summed E-state index contributed by atoms with van der Waals surface area (Å²) in [7, 11) is 0.178. The van der Waals surface area contributed by atoms with Crippen molar-refractivity contribution < 1.29 is 0 Å². The van der Waals surface area contributed by atoms with E-state index in [1.807, 2.05) is 0 Å². The van der Waals surface area contributed by atoms with Crippen LogP contribution < -0.4 is 0 Å². The summed E-state index contributed by atoms with van der Waals surface area (Å²) in [5.41, 5.74) is 4.31. The maximum Gasteiger partial charge on any atom is -0.0170 e. The van der Waals surface area contributed by atoms with Crippen LogP contribution in [0, 0.1) is 17.8 Å². The number of rotatable bonds is 6. The van der Waals surface area contributed by atoms with Crippen molar-refractivity contribution >= 4 is 15.8 Å². The van der Waals surface area contributed by atoms with Crippen LogP contribution in [-0.4, -0.2) is 32.9 Å². The van der Waals surface area contributed by atoms with Crippen LogP contribution in [0.25, 0.3) is 0 Å². The molecule has 4 rings (SSSR count). The van der Waals surface area contributed by atoms with E-state index >= 15 is 0 Å². The lowest BCUT2D eigenvalue weighted by Crippen LogP contribution is -2.40. The predicted molar refractivity (Wildman–Crippen MR) is 159 cm³/mol. The molecule has 0 aromatic heterocycles. The average molecular weight is 507 g/mol. The maximum absolute atomic E-state index is 2.74. The zero-order chi connectivity index (χ0) is 24.5. The first kappa shape index (κ1) is 27.9. The van der Waals surface area contributed by atoms with E-state index in [-0.39, 0.29) is 15.8 Å². The van der Waals surface area contributed by atoms with Crippen LogP contribution in [0.4, 0.5) is 0 Å². The summed E-state index contributed by atoms with van der Waals surface area (Å²) < 4.78 is 0. The van der Waals surface area contributed by atoms with Crippen molar-refractivity contribution in [1.82, 2.24) is 0 Å². The van der Waals surface area contributed by atoms with Crippen LogP contribution >= 0.6 is 15.8 Å². The summed E-state index contributed by atoms with van der Waals surface area (Å²) in [6, 6.07) is 0. The smallest absolute Gasteiger partial charge is 0.0170 e. The molecule has 4 saturated carbocycles. The van der Waals surface area contributed by atoms with E-state index in [4.69, 9.17) is 0 Å². The van der Waals surface area contributed by atoms with Crippen LogP contribution in [0.3, 0.4) is 0 Å². The second kappa shape index (κ2) is 11.7. The molecule has 0 heterocycles. The molecule has 6 unspecified atom stereocenters. The molecule has 4 aliphatic rings. The van der Waals surface area contributed by atoms with Crippen molar-refractivity contribution in [3.8, 4) is 0 Å². The molecule has 0 saturated heterocycles. The molecule has 0 aromatic rings. The largest absolute Gasteiger partial charge is 0.0966 e. The highest BCUT2D eigenvalue weighted by molar-refractivity contribution is 7.62. The first-order chi connectivity index (χ1) is 16.1. The molecule has 0 amide bonds. The molecule has 0 nitrogen and oxygen atoms in total. The Bertz CT molecular complexity index is 602. The Labute approximate surface area is 217 Å². The van der Waals surface area contributed by atoms with Gasteiger partial charge in [-0.15, -0.1) is 0 Å². The van der Waals surface area contributed by atoms with Crippen LogP contribution in [0.15, 0.2) is 0 Å². The summed E-state index contributed by atoms with van der Waals surface area (Å²) in [5.74, 6) is 3.26. The van der Waals surface area contributed by atoms with Gasteiger partial charge in [0.05, 0.1) is 0 Å². The van der Waals surface area contributed by atoms with Crippen molar-refractivity contribution in [3.63, 3.8) is 0 Å². The van der Waals surface area contributed by atoms with Crippen molar-refractivity contribution in [2.45, 2.75) is 184 Å². The minimum absolute atomic E-state index is 0.0106. The quantitative estimate of drug-likeness (QED) is 0.314. The average Bonchev–Trinajstić information content (AvgIpc) is 3.46. The van der Waals surface area contributed by atoms with Gasteiger partial charge in [0, 0.05) is 0 Å². The van der Waals surface area contributed by atoms with Gasteiger partial charge in [-0.3, -0.25) is 0 Å². The van der Waals surface area contributed by atoms with Crippen molar-refractivity contribution in [2.75, 3.05) is 0 Å². The third-order valence-corrected chi connectivity index (χ3v) is 18.8. The SMILES string of the molecule is CC(C1CCCC1P(C1CCCCC1)C1CCCCC1C1CCCC1)P(C(C)(C)C)C(C)(C)C. The lowest BCUT2D eigenvalue weighted by atomic mass is 9.79. The Morgan fingerprint density at radius 3 is 1.71 bits per heavy atom. The zero-order valence-corrected chi connectivity index (χ0v) is 26.0. The third kappa shape index (κ3) is 6.28. The van der Waals surface area contributed by atoms with Crippen LogP contribution in [0.5, 0.6) is 0 Å². The van der Waals surface area contributed by atoms with Crippen LogP contribution in [0.1, 0.15) is 151 Å². The summed E-state index contributed by atoms with van der Waals surface area (Å²) in [5, 5.41) is 0.926. The Morgan fingerprint density at radius 1 is 0.559 bits per heavy atom. The first-order valence-electron chi connectivity index (χ1n) is 15.7. The van der Waals surface area contributed by atoms with E-state index in [1.165, 1.54) is 6.42 Å². The summed E-state index contributed by atoms with van der Waals surface area (Å²) in [6.45, 7) is 18.2. The molecule has 0 aromatic carbocycles. The molecular formula is C32H60P2. The van der Waals surface area contributed by atoms with E-state index in [9.17, 15) is 0 Å². The fourth-order valence-corrected chi connectivity index (χ4v) is 20.4. The fraction of sp³-hybridized carbons (Fsp3) is 1.00. The van der Waals surface area contributed by atoms with Gasteiger partial charge in [0.25, 0.3) is 0 Å². The lowest BCUT2D eigenvalue weighted by molar-refractivity contribution is 0.255. The molecule has 6 atom stereocenters. The Hall–Kier alpha value is 0.860. The summed E-state index contributed by atoms with van der Waals surface area (Å²) in [4.78, 5) is 0. The highest BCUT2D eigenvalue weighted by Gasteiger charge is 2.50. The highest BCUT2D eigenvalue weighted by Crippen LogP contribution is 2.71.